The highest BCUT2D eigenvalue weighted by Gasteiger charge is 2.25. The van der Waals surface area contributed by atoms with Crippen molar-refractivity contribution in [1.29, 1.82) is 0 Å². The van der Waals surface area contributed by atoms with E-state index in [0.29, 0.717) is 35.4 Å². The van der Waals surface area contributed by atoms with Gasteiger partial charge >= 0.3 is 0 Å². The number of thioether (sulfide) groups is 1. The molecule has 3 atom stereocenters. The molecule has 1 N–H and O–H groups in total. The molecule has 0 aliphatic rings. The van der Waals surface area contributed by atoms with E-state index in [1.807, 2.05) is 20.8 Å². The second kappa shape index (κ2) is 9.74. The van der Waals surface area contributed by atoms with Crippen molar-refractivity contribution >= 4 is 69.5 Å². The number of halogens is 2. The van der Waals surface area contributed by atoms with Crippen molar-refractivity contribution in [1.82, 2.24) is 0 Å². The monoisotopic (exact) mass is 425 g/mol. The van der Waals surface area contributed by atoms with E-state index in [9.17, 15) is 9.59 Å². The topological polar surface area (TPSA) is 46.2 Å². The van der Waals surface area contributed by atoms with Gasteiger partial charge in [0.1, 0.15) is 0 Å². The highest BCUT2D eigenvalue weighted by molar-refractivity contribution is 8.13. The lowest BCUT2D eigenvalue weighted by Gasteiger charge is -2.19. The Bertz CT molecular complexity index is 621. The molecule has 1 aromatic carbocycles. The average Bonchev–Trinajstić information content (AvgIpc) is 2.48. The number of benzene rings is 1. The Labute approximate surface area is 162 Å². The number of hydrogen-bond donors (Lipinski definition) is 1. The number of amides is 1. The molecule has 3 unspecified atom stereocenters. The molecule has 0 fully saturated rings. The lowest BCUT2D eigenvalue weighted by atomic mass is 10.00. The van der Waals surface area contributed by atoms with Gasteiger partial charge in [0.15, 0.2) is 5.12 Å². The molecule has 0 bridgehead atoms. The highest BCUT2D eigenvalue weighted by atomic mass is 35.5. The van der Waals surface area contributed by atoms with E-state index in [0.717, 1.165) is 17.9 Å². The number of carbonyl (C=O) groups is 2. The number of nitrogens with one attached hydrogen (secondary N) is 1. The summed E-state index contributed by atoms with van der Waals surface area (Å²) in [7, 11) is 3.31. The van der Waals surface area contributed by atoms with Crippen molar-refractivity contribution in [2.75, 3.05) is 24.3 Å². The van der Waals surface area contributed by atoms with E-state index in [-0.39, 0.29) is 16.9 Å². The molecule has 0 saturated carbocycles. The Morgan fingerprint density at radius 3 is 2.38 bits per heavy atom. The summed E-state index contributed by atoms with van der Waals surface area (Å²) in [5, 5.41) is 3.61. The largest absolute Gasteiger partial charge is 0.325 e. The summed E-state index contributed by atoms with van der Waals surface area (Å²) in [4.78, 5) is 25.4. The van der Waals surface area contributed by atoms with Crippen molar-refractivity contribution < 1.29 is 9.59 Å². The van der Waals surface area contributed by atoms with Crippen LogP contribution in [0.3, 0.4) is 0 Å². The van der Waals surface area contributed by atoms with Crippen LogP contribution < -0.4 is 5.32 Å². The van der Waals surface area contributed by atoms with Crippen LogP contribution in [0.1, 0.15) is 20.8 Å². The van der Waals surface area contributed by atoms with Crippen LogP contribution in [0.15, 0.2) is 17.0 Å². The van der Waals surface area contributed by atoms with Gasteiger partial charge in [0.25, 0.3) is 0 Å². The summed E-state index contributed by atoms with van der Waals surface area (Å²) in [6.45, 7) is 7.63. The maximum absolute atomic E-state index is 12.5. The first-order valence-electron chi connectivity index (χ1n) is 7.47. The van der Waals surface area contributed by atoms with Crippen LogP contribution in [0.5, 0.6) is 0 Å². The Balaban J connectivity index is 3.10. The Hall–Kier alpha value is 0.150. The van der Waals surface area contributed by atoms with Gasteiger partial charge in [-0.05, 0) is 42.9 Å². The number of anilines is 1. The van der Waals surface area contributed by atoms with Crippen molar-refractivity contribution in [3.8, 4) is 0 Å². The van der Waals surface area contributed by atoms with Gasteiger partial charge in [-0.1, -0.05) is 44.0 Å². The van der Waals surface area contributed by atoms with E-state index in [1.54, 1.807) is 12.1 Å². The lowest BCUT2D eigenvalue weighted by molar-refractivity contribution is -0.119. The normalized spacial score (nSPS) is 13.3. The molecule has 0 aliphatic carbocycles. The molecule has 1 rings (SSSR count). The standard InChI is InChI=1S/C16H23Cl2NO2P2S/c1-16(2,3)15(21)24-13-6-11(18)10(17)5-12(13)19-14(20)9(7-22)8-23-4/h5-6,9,23H,7-8,22H2,1-4H3,(H,19,20). The van der Waals surface area contributed by atoms with E-state index >= 15 is 0 Å². The fraction of sp³-hybridized carbons (Fsp3) is 0.500. The Morgan fingerprint density at radius 1 is 1.29 bits per heavy atom. The van der Waals surface area contributed by atoms with Crippen LogP contribution in [-0.4, -0.2) is 30.0 Å². The Morgan fingerprint density at radius 2 is 1.88 bits per heavy atom. The van der Waals surface area contributed by atoms with E-state index in [1.165, 1.54) is 0 Å². The van der Waals surface area contributed by atoms with Crippen LogP contribution in [0.4, 0.5) is 5.69 Å². The molecule has 8 heteroatoms. The van der Waals surface area contributed by atoms with Gasteiger partial charge in [0, 0.05) is 16.2 Å². The van der Waals surface area contributed by atoms with Crippen LogP contribution in [0, 0.1) is 11.3 Å². The second-order valence-corrected chi connectivity index (χ2v) is 9.80. The Kier molecular flexibility index (Phi) is 9.01. The predicted molar refractivity (Wildman–Crippen MR) is 113 cm³/mol. The van der Waals surface area contributed by atoms with Crippen molar-refractivity contribution in [3.63, 3.8) is 0 Å². The maximum atomic E-state index is 12.5. The van der Waals surface area contributed by atoms with Gasteiger partial charge in [-0.2, -0.15) is 0 Å². The zero-order valence-corrected chi connectivity index (χ0v) is 18.7. The number of carbonyl (C=O) groups excluding carboxylic acids is 2. The third-order valence-corrected chi connectivity index (χ3v) is 6.75. The maximum Gasteiger partial charge on any atom is 0.228 e. The van der Waals surface area contributed by atoms with Crippen molar-refractivity contribution in [2.24, 2.45) is 11.3 Å². The molecule has 3 nitrogen and oxygen atoms in total. The summed E-state index contributed by atoms with van der Waals surface area (Å²) in [5.74, 6) is -0.147. The van der Waals surface area contributed by atoms with E-state index < -0.39 is 5.41 Å². The fourth-order valence-electron chi connectivity index (χ4n) is 1.73. The smallest absolute Gasteiger partial charge is 0.228 e. The third kappa shape index (κ3) is 6.46. The lowest BCUT2D eigenvalue weighted by Crippen LogP contribution is -2.26. The molecule has 24 heavy (non-hydrogen) atoms. The SMILES string of the molecule is CPCC(CP)C(=O)Nc1cc(Cl)c(Cl)cc1SC(=O)C(C)(C)C. The van der Waals surface area contributed by atoms with Crippen LogP contribution in [0.2, 0.25) is 10.0 Å². The summed E-state index contributed by atoms with van der Waals surface area (Å²) in [6, 6.07) is 3.24. The highest BCUT2D eigenvalue weighted by Crippen LogP contribution is 2.38. The molecule has 0 radical (unpaired) electrons. The van der Waals surface area contributed by atoms with Gasteiger partial charge in [0.05, 0.1) is 15.7 Å². The predicted octanol–water partition coefficient (Wildman–Crippen LogP) is 5.40. The molecule has 0 spiro atoms. The van der Waals surface area contributed by atoms with Crippen LogP contribution >= 0.6 is 52.8 Å². The first kappa shape index (κ1) is 22.2. The minimum atomic E-state index is -0.496. The van der Waals surface area contributed by atoms with Crippen molar-refractivity contribution in [2.45, 2.75) is 25.7 Å². The zero-order valence-electron chi connectivity index (χ0n) is 14.2. The first-order chi connectivity index (χ1) is 11.1. The third-order valence-electron chi connectivity index (χ3n) is 3.20. The quantitative estimate of drug-likeness (QED) is 0.490. The minimum Gasteiger partial charge on any atom is -0.325 e. The van der Waals surface area contributed by atoms with Gasteiger partial charge < -0.3 is 5.32 Å². The molecular formula is C16H23Cl2NO2P2S. The minimum absolute atomic E-state index is 0.00553. The average molecular weight is 426 g/mol. The van der Waals surface area contributed by atoms with Gasteiger partial charge in [-0.15, -0.1) is 17.8 Å². The van der Waals surface area contributed by atoms with Gasteiger partial charge in [-0.25, -0.2) is 0 Å². The molecular weight excluding hydrogens is 403 g/mol. The second-order valence-electron chi connectivity index (χ2n) is 6.38. The summed E-state index contributed by atoms with van der Waals surface area (Å²) in [5.41, 5.74) is 0.0316. The fourth-order valence-corrected chi connectivity index (χ4v) is 4.58. The molecule has 134 valence electrons. The van der Waals surface area contributed by atoms with Gasteiger partial charge in [-0.3, -0.25) is 9.59 Å². The van der Waals surface area contributed by atoms with Crippen molar-refractivity contribution in [3.05, 3.63) is 22.2 Å². The number of rotatable bonds is 6. The molecule has 1 amide bonds. The van der Waals surface area contributed by atoms with E-state index in [4.69, 9.17) is 23.2 Å². The molecule has 0 aliphatic heterocycles. The molecule has 0 saturated heterocycles. The van der Waals surface area contributed by atoms with Crippen LogP contribution in [0.25, 0.3) is 0 Å². The summed E-state index contributed by atoms with van der Waals surface area (Å²) < 4.78 is 0. The first-order valence-corrected chi connectivity index (χ1v) is 11.6. The molecule has 1 aromatic rings. The number of hydrogen-bond acceptors (Lipinski definition) is 3. The van der Waals surface area contributed by atoms with Gasteiger partial charge in [0.2, 0.25) is 5.91 Å². The zero-order chi connectivity index (χ0) is 18.5. The molecule has 0 aromatic heterocycles. The summed E-state index contributed by atoms with van der Waals surface area (Å²) in [6.07, 6.45) is 1.53. The van der Waals surface area contributed by atoms with Crippen LogP contribution in [-0.2, 0) is 9.59 Å². The summed E-state index contributed by atoms with van der Waals surface area (Å²) >= 11 is 13.3. The molecule has 0 heterocycles. The van der Waals surface area contributed by atoms with E-state index in [2.05, 4.69) is 21.2 Å².